The lowest BCUT2D eigenvalue weighted by Crippen LogP contribution is -2.54. The van der Waals surface area contributed by atoms with Crippen LogP contribution in [0.25, 0.3) is 0 Å². The number of nitrogens with zero attached hydrogens (tertiary/aromatic N) is 1. The average molecular weight is 243 g/mol. The molecule has 1 aliphatic heterocycles. The number of hydrogen-bond acceptors (Lipinski definition) is 4. The maximum Gasteiger partial charge on any atom is 0.234 e. The standard InChI is InChI=1S/C12H25N3O2/c1-3-12(4-2,10-16)14-11(17)9-15-7-5-13-6-8-15/h13,16H,3-10H2,1-2H3,(H,14,17). The van der Waals surface area contributed by atoms with Crippen molar-refractivity contribution < 1.29 is 9.90 Å². The number of amides is 1. The van der Waals surface area contributed by atoms with Crippen LogP contribution in [0.2, 0.25) is 0 Å². The zero-order valence-electron chi connectivity index (χ0n) is 11.0. The van der Waals surface area contributed by atoms with Crippen LogP contribution in [0.15, 0.2) is 0 Å². The maximum absolute atomic E-state index is 11.9. The molecule has 0 spiro atoms. The number of aliphatic hydroxyl groups excluding tert-OH is 1. The number of aliphatic hydroxyl groups is 1. The first kappa shape index (κ1) is 14.4. The van der Waals surface area contributed by atoms with E-state index in [-0.39, 0.29) is 12.5 Å². The van der Waals surface area contributed by atoms with E-state index in [0.717, 1.165) is 39.0 Å². The first-order chi connectivity index (χ1) is 8.15. The van der Waals surface area contributed by atoms with E-state index in [1.54, 1.807) is 0 Å². The van der Waals surface area contributed by atoms with Crippen LogP contribution in [0.1, 0.15) is 26.7 Å². The van der Waals surface area contributed by atoms with Crippen molar-refractivity contribution >= 4 is 5.91 Å². The molecule has 0 aromatic rings. The van der Waals surface area contributed by atoms with Crippen molar-refractivity contribution in [2.24, 2.45) is 0 Å². The monoisotopic (exact) mass is 243 g/mol. The molecule has 1 rings (SSSR count). The van der Waals surface area contributed by atoms with Crippen LogP contribution in [-0.4, -0.2) is 60.8 Å². The Balaban J connectivity index is 2.41. The first-order valence-corrected chi connectivity index (χ1v) is 6.50. The molecule has 0 atom stereocenters. The van der Waals surface area contributed by atoms with E-state index in [4.69, 9.17) is 0 Å². The van der Waals surface area contributed by atoms with Crippen LogP contribution in [0.4, 0.5) is 0 Å². The van der Waals surface area contributed by atoms with Crippen molar-refractivity contribution in [1.29, 1.82) is 0 Å². The molecule has 3 N–H and O–H groups in total. The molecule has 5 heteroatoms. The Hall–Kier alpha value is -0.650. The van der Waals surface area contributed by atoms with Gasteiger partial charge in [0.1, 0.15) is 0 Å². The zero-order valence-corrected chi connectivity index (χ0v) is 11.0. The molecular weight excluding hydrogens is 218 g/mol. The van der Waals surface area contributed by atoms with Crippen molar-refractivity contribution in [2.45, 2.75) is 32.2 Å². The normalized spacial score (nSPS) is 18.1. The molecule has 0 aromatic heterocycles. The molecule has 0 bridgehead atoms. The van der Waals surface area contributed by atoms with Gasteiger partial charge in [-0.15, -0.1) is 0 Å². The molecule has 5 nitrogen and oxygen atoms in total. The fraction of sp³-hybridized carbons (Fsp3) is 0.917. The second-order valence-corrected chi connectivity index (χ2v) is 4.72. The van der Waals surface area contributed by atoms with E-state index < -0.39 is 5.54 Å². The lowest BCUT2D eigenvalue weighted by Gasteiger charge is -2.33. The van der Waals surface area contributed by atoms with Crippen LogP contribution >= 0.6 is 0 Å². The van der Waals surface area contributed by atoms with Crippen LogP contribution in [0.5, 0.6) is 0 Å². The van der Waals surface area contributed by atoms with Gasteiger partial charge >= 0.3 is 0 Å². The quantitative estimate of drug-likeness (QED) is 0.592. The Bertz CT molecular complexity index is 228. The lowest BCUT2D eigenvalue weighted by molar-refractivity contribution is -0.125. The van der Waals surface area contributed by atoms with Crippen LogP contribution in [0.3, 0.4) is 0 Å². The molecule has 1 aliphatic rings. The predicted octanol–water partition coefficient (Wildman–Crippen LogP) is -0.441. The minimum atomic E-state index is -0.439. The summed E-state index contributed by atoms with van der Waals surface area (Å²) < 4.78 is 0. The summed E-state index contributed by atoms with van der Waals surface area (Å²) in [7, 11) is 0. The Kier molecular flexibility index (Phi) is 5.88. The van der Waals surface area contributed by atoms with E-state index in [1.807, 2.05) is 13.8 Å². The molecule has 1 saturated heterocycles. The van der Waals surface area contributed by atoms with Gasteiger partial charge in [0.25, 0.3) is 0 Å². The van der Waals surface area contributed by atoms with Gasteiger partial charge in [-0.2, -0.15) is 0 Å². The van der Waals surface area contributed by atoms with Crippen molar-refractivity contribution in [3.63, 3.8) is 0 Å². The molecule has 17 heavy (non-hydrogen) atoms. The highest BCUT2D eigenvalue weighted by atomic mass is 16.3. The molecule has 0 aliphatic carbocycles. The minimum absolute atomic E-state index is 0.00724. The van der Waals surface area contributed by atoms with Crippen LogP contribution < -0.4 is 10.6 Å². The van der Waals surface area contributed by atoms with Crippen molar-refractivity contribution in [1.82, 2.24) is 15.5 Å². The second kappa shape index (κ2) is 6.93. The van der Waals surface area contributed by atoms with Gasteiger partial charge in [-0.1, -0.05) is 13.8 Å². The fourth-order valence-electron chi connectivity index (χ4n) is 2.10. The van der Waals surface area contributed by atoms with Gasteiger partial charge in [0, 0.05) is 26.2 Å². The van der Waals surface area contributed by atoms with E-state index in [2.05, 4.69) is 15.5 Å². The van der Waals surface area contributed by atoms with E-state index >= 15 is 0 Å². The molecule has 1 heterocycles. The topological polar surface area (TPSA) is 64.6 Å². The summed E-state index contributed by atoms with van der Waals surface area (Å²) >= 11 is 0. The Morgan fingerprint density at radius 2 is 1.94 bits per heavy atom. The zero-order chi connectivity index (χ0) is 12.7. The molecule has 100 valence electrons. The third-order valence-electron chi connectivity index (χ3n) is 3.64. The number of carbonyl (C=O) groups excluding carboxylic acids is 1. The summed E-state index contributed by atoms with van der Waals surface area (Å²) in [6, 6.07) is 0. The van der Waals surface area contributed by atoms with Gasteiger partial charge in [0.15, 0.2) is 0 Å². The Morgan fingerprint density at radius 3 is 2.41 bits per heavy atom. The molecule has 0 unspecified atom stereocenters. The number of piperazine rings is 1. The van der Waals surface area contributed by atoms with E-state index in [1.165, 1.54) is 0 Å². The largest absolute Gasteiger partial charge is 0.394 e. The Morgan fingerprint density at radius 1 is 1.35 bits per heavy atom. The summed E-state index contributed by atoms with van der Waals surface area (Å²) in [5.74, 6) is 0.0182. The van der Waals surface area contributed by atoms with Gasteiger partial charge in [0.05, 0.1) is 18.7 Å². The molecular formula is C12H25N3O2. The third-order valence-corrected chi connectivity index (χ3v) is 3.64. The van der Waals surface area contributed by atoms with Gasteiger partial charge in [-0.25, -0.2) is 0 Å². The summed E-state index contributed by atoms with van der Waals surface area (Å²) in [4.78, 5) is 14.1. The molecule has 0 radical (unpaired) electrons. The highest BCUT2D eigenvalue weighted by Gasteiger charge is 2.27. The Labute approximate surface area is 104 Å². The van der Waals surface area contributed by atoms with Gasteiger partial charge < -0.3 is 15.7 Å². The van der Waals surface area contributed by atoms with Crippen molar-refractivity contribution in [3.05, 3.63) is 0 Å². The average Bonchev–Trinajstić information content (AvgIpc) is 2.37. The van der Waals surface area contributed by atoms with Gasteiger partial charge in [-0.3, -0.25) is 9.69 Å². The van der Waals surface area contributed by atoms with E-state index in [0.29, 0.717) is 6.54 Å². The number of rotatable bonds is 6. The number of nitrogens with one attached hydrogen (secondary N) is 2. The van der Waals surface area contributed by atoms with Crippen molar-refractivity contribution in [2.75, 3.05) is 39.3 Å². The molecule has 1 fully saturated rings. The summed E-state index contributed by atoms with van der Waals surface area (Å²) in [5, 5.41) is 15.6. The van der Waals surface area contributed by atoms with E-state index in [9.17, 15) is 9.90 Å². The summed E-state index contributed by atoms with van der Waals surface area (Å²) in [5.41, 5.74) is -0.439. The molecule has 0 saturated carbocycles. The predicted molar refractivity (Wildman–Crippen MR) is 67.9 cm³/mol. The van der Waals surface area contributed by atoms with Crippen LogP contribution in [0, 0.1) is 0 Å². The smallest absolute Gasteiger partial charge is 0.234 e. The summed E-state index contributed by atoms with van der Waals surface area (Å²) in [6.45, 7) is 8.14. The fourth-order valence-corrected chi connectivity index (χ4v) is 2.10. The second-order valence-electron chi connectivity index (χ2n) is 4.72. The van der Waals surface area contributed by atoms with Gasteiger partial charge in [0.2, 0.25) is 5.91 Å². The highest BCUT2D eigenvalue weighted by Crippen LogP contribution is 2.13. The van der Waals surface area contributed by atoms with Crippen LogP contribution in [-0.2, 0) is 4.79 Å². The van der Waals surface area contributed by atoms with Crippen molar-refractivity contribution in [3.8, 4) is 0 Å². The molecule has 0 aromatic carbocycles. The molecule has 1 amide bonds. The minimum Gasteiger partial charge on any atom is -0.394 e. The maximum atomic E-state index is 11.9. The number of hydrogen-bond donors (Lipinski definition) is 3. The SMILES string of the molecule is CCC(CC)(CO)NC(=O)CN1CCNCC1. The third kappa shape index (κ3) is 4.26. The highest BCUT2D eigenvalue weighted by molar-refractivity contribution is 5.78. The van der Waals surface area contributed by atoms with Gasteiger partial charge in [-0.05, 0) is 12.8 Å². The summed E-state index contributed by atoms with van der Waals surface area (Å²) in [6.07, 6.45) is 1.51. The number of carbonyl (C=O) groups is 1. The first-order valence-electron chi connectivity index (χ1n) is 6.50. The lowest BCUT2D eigenvalue weighted by atomic mass is 9.94.